The number of benzene rings is 1. The van der Waals surface area contributed by atoms with Crippen molar-refractivity contribution in [1.82, 2.24) is 5.32 Å². The van der Waals surface area contributed by atoms with Crippen LogP contribution in [0.25, 0.3) is 0 Å². The van der Waals surface area contributed by atoms with E-state index in [1.54, 1.807) is 0 Å². The van der Waals surface area contributed by atoms with Crippen LogP contribution in [0.4, 0.5) is 0 Å². The number of hydrogen-bond acceptors (Lipinski definition) is 1. The largest absolute Gasteiger partial charge is 0.311 e. The van der Waals surface area contributed by atoms with E-state index in [-0.39, 0.29) is 11.0 Å². The third-order valence-electron chi connectivity index (χ3n) is 3.26. The maximum absolute atomic E-state index is 3.61. The molecular weight excluding hydrogens is 194 g/mol. The summed E-state index contributed by atoms with van der Waals surface area (Å²) in [7, 11) is 0. The summed E-state index contributed by atoms with van der Waals surface area (Å²) in [6.45, 7) is 12.3. The lowest BCUT2D eigenvalue weighted by molar-refractivity contribution is 0.340. The first-order valence-electron chi connectivity index (χ1n) is 6.18. The summed E-state index contributed by atoms with van der Waals surface area (Å²) in [6.07, 6.45) is 1.15. The second-order valence-electron chi connectivity index (χ2n) is 5.88. The summed E-state index contributed by atoms with van der Waals surface area (Å²) in [5, 5.41) is 3.61. The van der Waals surface area contributed by atoms with E-state index in [1.807, 2.05) is 0 Å². The van der Waals surface area contributed by atoms with E-state index in [4.69, 9.17) is 0 Å². The minimum atomic E-state index is 0.186. The molecule has 1 unspecified atom stereocenters. The first-order chi connectivity index (χ1) is 7.37. The molecule has 0 bridgehead atoms. The molecule has 0 aliphatic carbocycles. The zero-order chi connectivity index (χ0) is 12.2. The van der Waals surface area contributed by atoms with Crippen molar-refractivity contribution >= 4 is 0 Å². The highest BCUT2D eigenvalue weighted by molar-refractivity contribution is 5.24. The zero-order valence-corrected chi connectivity index (χ0v) is 11.3. The Bertz CT molecular complexity index is 310. The number of nitrogens with one attached hydrogen (secondary N) is 1. The molecule has 1 atom stereocenters. The molecule has 16 heavy (non-hydrogen) atoms. The van der Waals surface area contributed by atoms with Gasteiger partial charge in [0, 0.05) is 17.5 Å². The van der Waals surface area contributed by atoms with Gasteiger partial charge in [-0.05, 0) is 32.8 Å². The van der Waals surface area contributed by atoms with E-state index in [9.17, 15) is 0 Å². The van der Waals surface area contributed by atoms with Crippen LogP contribution in [0.3, 0.4) is 0 Å². The van der Waals surface area contributed by atoms with Gasteiger partial charge in [0.25, 0.3) is 0 Å². The van der Waals surface area contributed by atoms with Crippen LogP contribution in [0.1, 0.15) is 46.6 Å². The summed E-state index contributed by atoms with van der Waals surface area (Å²) in [5.41, 5.74) is 1.84. The predicted octanol–water partition coefficient (Wildman–Crippen LogP) is 3.74. The molecule has 1 N–H and O–H groups in total. The molecule has 1 nitrogen and oxygen atoms in total. The van der Waals surface area contributed by atoms with Crippen LogP contribution < -0.4 is 5.32 Å². The van der Waals surface area contributed by atoms with Crippen molar-refractivity contribution in [2.24, 2.45) is 0 Å². The van der Waals surface area contributed by atoms with E-state index < -0.39 is 0 Å². The summed E-state index contributed by atoms with van der Waals surface area (Å²) < 4.78 is 0. The lowest BCUT2D eigenvalue weighted by Crippen LogP contribution is -2.44. The average Bonchev–Trinajstić information content (AvgIpc) is 2.26. The Hall–Kier alpha value is -0.820. The normalized spacial score (nSPS) is 15.8. The van der Waals surface area contributed by atoms with Crippen molar-refractivity contribution in [3.05, 3.63) is 35.9 Å². The van der Waals surface area contributed by atoms with E-state index in [2.05, 4.69) is 70.3 Å². The molecule has 1 aromatic rings. The second kappa shape index (κ2) is 5.01. The van der Waals surface area contributed by atoms with Gasteiger partial charge in [0.05, 0.1) is 0 Å². The molecule has 0 aromatic heterocycles. The molecule has 0 aliphatic rings. The van der Waals surface area contributed by atoms with Gasteiger partial charge in [-0.1, -0.05) is 44.2 Å². The van der Waals surface area contributed by atoms with E-state index >= 15 is 0 Å². The highest BCUT2D eigenvalue weighted by atomic mass is 15.0. The predicted molar refractivity (Wildman–Crippen MR) is 71.8 cm³/mol. The molecular formula is C15H25N. The topological polar surface area (TPSA) is 12.0 Å². The van der Waals surface area contributed by atoms with Crippen molar-refractivity contribution in [1.29, 1.82) is 0 Å². The van der Waals surface area contributed by atoms with Crippen LogP contribution in [0.5, 0.6) is 0 Å². The molecule has 0 saturated carbocycles. The quantitative estimate of drug-likeness (QED) is 0.813. The van der Waals surface area contributed by atoms with Crippen LogP contribution in [0.2, 0.25) is 0 Å². The average molecular weight is 219 g/mol. The first kappa shape index (κ1) is 13.2. The van der Waals surface area contributed by atoms with E-state index in [1.165, 1.54) is 5.56 Å². The Morgan fingerprint density at radius 3 is 2.00 bits per heavy atom. The van der Waals surface area contributed by atoms with Crippen LogP contribution in [-0.2, 0) is 5.41 Å². The third-order valence-corrected chi connectivity index (χ3v) is 3.26. The Balaban J connectivity index is 2.79. The molecule has 1 aromatic carbocycles. The molecule has 0 amide bonds. The fourth-order valence-corrected chi connectivity index (χ4v) is 1.73. The van der Waals surface area contributed by atoms with E-state index in [0.29, 0.717) is 0 Å². The van der Waals surface area contributed by atoms with Crippen molar-refractivity contribution in [2.75, 3.05) is 6.54 Å². The molecule has 0 aliphatic heterocycles. The fourth-order valence-electron chi connectivity index (χ4n) is 1.73. The van der Waals surface area contributed by atoms with Crippen LogP contribution in [0, 0.1) is 0 Å². The van der Waals surface area contributed by atoms with Crippen LogP contribution in [-0.4, -0.2) is 12.1 Å². The van der Waals surface area contributed by atoms with Gasteiger partial charge in [0.2, 0.25) is 0 Å². The van der Waals surface area contributed by atoms with Gasteiger partial charge in [-0.2, -0.15) is 0 Å². The van der Waals surface area contributed by atoms with Crippen LogP contribution in [0.15, 0.2) is 30.3 Å². The van der Waals surface area contributed by atoms with Gasteiger partial charge in [0.15, 0.2) is 0 Å². The SMILES string of the molecule is CCC(C)(CNC(C)(C)C)c1ccccc1. The Kier molecular flexibility index (Phi) is 4.15. The summed E-state index contributed by atoms with van der Waals surface area (Å²) in [5.74, 6) is 0. The second-order valence-corrected chi connectivity index (χ2v) is 5.88. The molecule has 0 radical (unpaired) electrons. The minimum absolute atomic E-state index is 0.186. The van der Waals surface area contributed by atoms with Crippen molar-refractivity contribution in [2.45, 2.75) is 52.0 Å². The number of hydrogen-bond donors (Lipinski definition) is 1. The zero-order valence-electron chi connectivity index (χ0n) is 11.3. The van der Waals surface area contributed by atoms with Gasteiger partial charge >= 0.3 is 0 Å². The fraction of sp³-hybridized carbons (Fsp3) is 0.600. The third kappa shape index (κ3) is 3.64. The Labute approximate surface area is 100 Å². The molecule has 1 heteroatoms. The number of rotatable bonds is 4. The van der Waals surface area contributed by atoms with Crippen molar-refractivity contribution < 1.29 is 0 Å². The van der Waals surface area contributed by atoms with Gasteiger partial charge < -0.3 is 5.32 Å². The smallest absolute Gasteiger partial charge is 0.00968 e. The Morgan fingerprint density at radius 1 is 1.00 bits per heavy atom. The molecule has 90 valence electrons. The molecule has 1 rings (SSSR count). The highest BCUT2D eigenvalue weighted by Gasteiger charge is 2.25. The molecule has 0 spiro atoms. The lowest BCUT2D eigenvalue weighted by Gasteiger charge is -2.33. The van der Waals surface area contributed by atoms with Crippen LogP contribution >= 0.6 is 0 Å². The first-order valence-corrected chi connectivity index (χ1v) is 6.18. The van der Waals surface area contributed by atoms with Gasteiger partial charge in [-0.25, -0.2) is 0 Å². The van der Waals surface area contributed by atoms with Crippen molar-refractivity contribution in [3.8, 4) is 0 Å². The molecule has 0 fully saturated rings. The monoisotopic (exact) mass is 219 g/mol. The molecule has 0 saturated heterocycles. The minimum Gasteiger partial charge on any atom is -0.311 e. The summed E-state index contributed by atoms with van der Waals surface area (Å²) >= 11 is 0. The Morgan fingerprint density at radius 2 is 1.56 bits per heavy atom. The van der Waals surface area contributed by atoms with Gasteiger partial charge in [-0.15, -0.1) is 0 Å². The summed E-state index contributed by atoms with van der Waals surface area (Å²) in [4.78, 5) is 0. The maximum Gasteiger partial charge on any atom is 0.00968 e. The lowest BCUT2D eigenvalue weighted by atomic mass is 9.79. The highest BCUT2D eigenvalue weighted by Crippen LogP contribution is 2.27. The van der Waals surface area contributed by atoms with Crippen molar-refractivity contribution in [3.63, 3.8) is 0 Å². The molecule has 0 heterocycles. The van der Waals surface area contributed by atoms with Gasteiger partial charge in [0.1, 0.15) is 0 Å². The maximum atomic E-state index is 3.61. The van der Waals surface area contributed by atoms with E-state index in [0.717, 1.165) is 13.0 Å². The standard InChI is InChI=1S/C15H25N/c1-6-15(5,12-16-14(2,3)4)13-10-8-7-9-11-13/h7-11,16H,6,12H2,1-5H3. The van der Waals surface area contributed by atoms with Gasteiger partial charge in [-0.3, -0.25) is 0 Å². The summed E-state index contributed by atoms with van der Waals surface area (Å²) in [6, 6.07) is 10.8.